The first-order valence-electron chi connectivity index (χ1n) is 4.83. The lowest BCUT2D eigenvalue weighted by Gasteiger charge is -2.10. The van der Waals surface area contributed by atoms with Crippen molar-refractivity contribution in [1.29, 1.82) is 0 Å². The molecule has 1 aromatic carbocycles. The Kier molecular flexibility index (Phi) is 3.69. The van der Waals surface area contributed by atoms with Gasteiger partial charge in [-0.15, -0.1) is 0 Å². The van der Waals surface area contributed by atoms with Crippen molar-refractivity contribution in [2.45, 2.75) is 32.6 Å². The molecule has 0 saturated carbocycles. The summed E-state index contributed by atoms with van der Waals surface area (Å²) in [5.41, 5.74) is 2.05. The van der Waals surface area contributed by atoms with E-state index in [1.54, 1.807) is 0 Å². The molecule has 1 nitrogen and oxygen atoms in total. The fraction of sp³-hybridized carbons (Fsp3) is 0.417. The molecule has 0 radical (unpaired) electrons. The van der Waals surface area contributed by atoms with Crippen LogP contribution >= 0.6 is 0 Å². The second kappa shape index (κ2) is 4.80. The van der Waals surface area contributed by atoms with Crippen LogP contribution in [0.15, 0.2) is 24.3 Å². The van der Waals surface area contributed by atoms with Crippen LogP contribution in [0.5, 0.6) is 0 Å². The number of aldehydes is 1. The molecule has 0 aliphatic rings. The van der Waals surface area contributed by atoms with Gasteiger partial charge in [0.2, 0.25) is 0 Å². The molecule has 0 spiro atoms. The summed E-state index contributed by atoms with van der Waals surface area (Å²) in [4.78, 5) is 10.5. The quantitative estimate of drug-likeness (QED) is 0.642. The zero-order valence-electron chi connectivity index (χ0n) is 8.29. The molecule has 0 aliphatic heterocycles. The van der Waals surface area contributed by atoms with E-state index in [9.17, 15) is 4.79 Å². The summed E-state index contributed by atoms with van der Waals surface area (Å²) in [6.07, 6.45) is 3.27. The van der Waals surface area contributed by atoms with Crippen LogP contribution < -0.4 is 0 Å². The van der Waals surface area contributed by atoms with Crippen LogP contribution in [-0.2, 0) is 0 Å². The fourth-order valence-electron chi connectivity index (χ4n) is 1.54. The molecule has 13 heavy (non-hydrogen) atoms. The lowest BCUT2D eigenvalue weighted by Crippen LogP contribution is -1.93. The molecule has 1 atom stereocenters. The molecule has 0 aliphatic carbocycles. The van der Waals surface area contributed by atoms with Crippen LogP contribution in [-0.4, -0.2) is 6.29 Å². The zero-order chi connectivity index (χ0) is 9.68. The van der Waals surface area contributed by atoms with Crippen LogP contribution in [0.4, 0.5) is 0 Å². The van der Waals surface area contributed by atoms with Gasteiger partial charge in [-0.1, -0.05) is 38.5 Å². The van der Waals surface area contributed by atoms with Gasteiger partial charge >= 0.3 is 0 Å². The smallest absolute Gasteiger partial charge is 0.150 e. The number of benzene rings is 1. The molecular weight excluding hydrogens is 160 g/mol. The predicted octanol–water partition coefficient (Wildman–Crippen LogP) is 3.40. The Morgan fingerprint density at radius 1 is 1.46 bits per heavy atom. The minimum absolute atomic E-state index is 0.560. The molecule has 1 aromatic rings. The first kappa shape index (κ1) is 9.97. The number of hydrogen-bond acceptors (Lipinski definition) is 1. The van der Waals surface area contributed by atoms with Gasteiger partial charge in [0.05, 0.1) is 0 Å². The van der Waals surface area contributed by atoms with Crippen LogP contribution in [0.25, 0.3) is 0 Å². The number of rotatable bonds is 4. The molecule has 0 fully saturated rings. The van der Waals surface area contributed by atoms with Gasteiger partial charge in [-0.2, -0.15) is 0 Å². The van der Waals surface area contributed by atoms with Gasteiger partial charge < -0.3 is 0 Å². The van der Waals surface area contributed by atoms with Crippen molar-refractivity contribution in [2.24, 2.45) is 0 Å². The molecule has 0 saturated heterocycles. The molecule has 1 unspecified atom stereocenters. The van der Waals surface area contributed by atoms with Gasteiger partial charge in [0.1, 0.15) is 6.29 Å². The number of hydrogen-bond donors (Lipinski definition) is 0. The van der Waals surface area contributed by atoms with E-state index in [1.165, 1.54) is 18.4 Å². The Morgan fingerprint density at radius 3 is 2.85 bits per heavy atom. The van der Waals surface area contributed by atoms with Crippen molar-refractivity contribution in [1.82, 2.24) is 0 Å². The van der Waals surface area contributed by atoms with Crippen molar-refractivity contribution >= 4 is 6.29 Å². The Labute approximate surface area is 79.8 Å². The summed E-state index contributed by atoms with van der Waals surface area (Å²) < 4.78 is 0. The third-order valence-electron chi connectivity index (χ3n) is 2.34. The lowest BCUT2D eigenvalue weighted by molar-refractivity contribution is 0.112. The Hall–Kier alpha value is -1.11. The maximum Gasteiger partial charge on any atom is 0.150 e. The monoisotopic (exact) mass is 176 g/mol. The maximum absolute atomic E-state index is 10.5. The summed E-state index contributed by atoms with van der Waals surface area (Å²) in [6.45, 7) is 4.38. The minimum atomic E-state index is 0.560. The van der Waals surface area contributed by atoms with E-state index in [2.05, 4.69) is 19.9 Å². The van der Waals surface area contributed by atoms with E-state index < -0.39 is 0 Å². The molecule has 0 N–H and O–H groups in total. The van der Waals surface area contributed by atoms with Crippen molar-refractivity contribution in [2.75, 3.05) is 0 Å². The second-order valence-electron chi connectivity index (χ2n) is 3.48. The summed E-state index contributed by atoms with van der Waals surface area (Å²) in [5, 5.41) is 0. The summed E-state index contributed by atoms with van der Waals surface area (Å²) >= 11 is 0. The molecule has 1 rings (SSSR count). The topological polar surface area (TPSA) is 17.1 Å². The first-order chi connectivity index (χ1) is 6.27. The standard InChI is InChI=1S/C12H16O/c1-3-5-10(2)12-7-4-6-11(8-12)9-13/h4,6-10H,3,5H2,1-2H3. The van der Waals surface area contributed by atoms with Crippen molar-refractivity contribution < 1.29 is 4.79 Å². The highest BCUT2D eigenvalue weighted by Crippen LogP contribution is 2.20. The van der Waals surface area contributed by atoms with Crippen molar-refractivity contribution in [3.63, 3.8) is 0 Å². The highest BCUT2D eigenvalue weighted by Gasteiger charge is 2.03. The Balaban J connectivity index is 2.81. The summed E-state index contributed by atoms with van der Waals surface area (Å²) in [7, 11) is 0. The van der Waals surface area contributed by atoms with Gasteiger partial charge in [0.25, 0.3) is 0 Å². The first-order valence-corrected chi connectivity index (χ1v) is 4.83. The van der Waals surface area contributed by atoms with E-state index in [0.717, 1.165) is 11.8 Å². The molecule has 1 heteroatoms. The highest BCUT2D eigenvalue weighted by molar-refractivity contribution is 5.74. The van der Waals surface area contributed by atoms with Crippen LogP contribution in [0.3, 0.4) is 0 Å². The van der Waals surface area contributed by atoms with E-state index in [4.69, 9.17) is 0 Å². The van der Waals surface area contributed by atoms with Crippen LogP contribution in [0.1, 0.15) is 48.5 Å². The highest BCUT2D eigenvalue weighted by atomic mass is 16.1. The average molecular weight is 176 g/mol. The maximum atomic E-state index is 10.5. The molecule has 0 heterocycles. The molecule has 0 bridgehead atoms. The third-order valence-corrected chi connectivity index (χ3v) is 2.34. The van der Waals surface area contributed by atoms with Gasteiger partial charge in [-0.25, -0.2) is 0 Å². The van der Waals surface area contributed by atoms with E-state index in [1.807, 2.05) is 18.2 Å². The SMILES string of the molecule is CCCC(C)c1cccc(C=O)c1. The van der Waals surface area contributed by atoms with E-state index in [-0.39, 0.29) is 0 Å². The average Bonchev–Trinajstić information content (AvgIpc) is 2.18. The van der Waals surface area contributed by atoms with Gasteiger partial charge in [-0.3, -0.25) is 4.79 Å². The van der Waals surface area contributed by atoms with Crippen LogP contribution in [0, 0.1) is 0 Å². The van der Waals surface area contributed by atoms with Crippen LogP contribution in [0.2, 0.25) is 0 Å². The number of carbonyl (C=O) groups excluding carboxylic acids is 1. The summed E-state index contributed by atoms with van der Waals surface area (Å²) in [6, 6.07) is 7.86. The molecule has 70 valence electrons. The minimum Gasteiger partial charge on any atom is -0.298 e. The van der Waals surface area contributed by atoms with E-state index in [0.29, 0.717) is 5.92 Å². The number of carbonyl (C=O) groups is 1. The molecule has 0 aromatic heterocycles. The van der Waals surface area contributed by atoms with E-state index >= 15 is 0 Å². The zero-order valence-corrected chi connectivity index (χ0v) is 8.29. The molecular formula is C12H16O. The van der Waals surface area contributed by atoms with Gasteiger partial charge in [-0.05, 0) is 24.0 Å². The van der Waals surface area contributed by atoms with Crippen molar-refractivity contribution in [3.05, 3.63) is 35.4 Å². The normalized spacial score (nSPS) is 12.5. The Morgan fingerprint density at radius 2 is 2.23 bits per heavy atom. The lowest BCUT2D eigenvalue weighted by atomic mass is 9.95. The third kappa shape index (κ3) is 2.69. The van der Waals surface area contributed by atoms with Gasteiger partial charge in [0, 0.05) is 5.56 Å². The van der Waals surface area contributed by atoms with Gasteiger partial charge in [0.15, 0.2) is 0 Å². The van der Waals surface area contributed by atoms with Crippen molar-refractivity contribution in [3.8, 4) is 0 Å². The Bertz CT molecular complexity index is 278. The predicted molar refractivity (Wildman–Crippen MR) is 55.2 cm³/mol. The summed E-state index contributed by atoms with van der Waals surface area (Å²) in [5.74, 6) is 0.560. The second-order valence-corrected chi connectivity index (χ2v) is 3.48. The largest absolute Gasteiger partial charge is 0.298 e. The molecule has 0 amide bonds. The fourth-order valence-corrected chi connectivity index (χ4v) is 1.54.